The summed E-state index contributed by atoms with van der Waals surface area (Å²) in [6, 6.07) is 27.9. The molecule has 1 N–H and O–H groups in total. The molecule has 5 rings (SSSR count). The molecule has 1 aliphatic rings. The van der Waals surface area contributed by atoms with Crippen LogP contribution in [0.3, 0.4) is 0 Å². The summed E-state index contributed by atoms with van der Waals surface area (Å²) < 4.78 is 11.3. The van der Waals surface area contributed by atoms with E-state index in [9.17, 15) is 9.90 Å². The Kier molecular flexibility index (Phi) is 8.89. The number of aryl methyl sites for hydroxylation is 2. The largest absolute Gasteiger partial charge is 0.462 e. The van der Waals surface area contributed by atoms with Crippen LogP contribution in [0.4, 0.5) is 0 Å². The Bertz CT molecular complexity index is 1420. The Hall–Kier alpha value is -4.00. The number of fused-ring (bicyclic) bond motifs is 1. The van der Waals surface area contributed by atoms with Gasteiger partial charge in [0.2, 0.25) is 0 Å². The summed E-state index contributed by atoms with van der Waals surface area (Å²) in [6.07, 6.45) is 3.99. The van der Waals surface area contributed by atoms with Gasteiger partial charge in [-0.1, -0.05) is 48.5 Å². The summed E-state index contributed by atoms with van der Waals surface area (Å²) in [5, 5.41) is 11.2. The number of nitrogens with zero attached hydrogens (tertiary/aromatic N) is 2. The second-order valence-electron chi connectivity index (χ2n) is 10.3. The Morgan fingerprint density at radius 3 is 2.60 bits per heavy atom. The fourth-order valence-electron chi connectivity index (χ4n) is 5.29. The molecule has 0 spiro atoms. The van der Waals surface area contributed by atoms with E-state index in [1.165, 1.54) is 16.7 Å². The molecule has 0 aliphatic heterocycles. The van der Waals surface area contributed by atoms with E-state index in [0.717, 1.165) is 42.8 Å². The Morgan fingerprint density at radius 1 is 1.00 bits per heavy atom. The lowest BCUT2D eigenvalue weighted by Gasteiger charge is -2.36. The van der Waals surface area contributed by atoms with E-state index >= 15 is 0 Å². The average molecular weight is 537 g/mol. The zero-order chi connectivity index (χ0) is 27.9. The standard InChI is InChI=1S/C34H36N2O4/c1-3-39-34(38)27-10-7-11-31(19-27)40-32-17-15-26-14-16-30(18-29(26)20-32)36(22-25-8-5-4-6-9-25)23-33(37)28-13-12-24(2)35-21-28/h4-13,15,17,19-21,30,33,37H,3,14,16,18,22-23H2,1-2H3/t30-,33+/m0/s1. The van der Waals surface area contributed by atoms with Gasteiger partial charge >= 0.3 is 5.97 Å². The van der Waals surface area contributed by atoms with E-state index in [4.69, 9.17) is 9.47 Å². The van der Waals surface area contributed by atoms with Gasteiger partial charge in [-0.15, -0.1) is 0 Å². The van der Waals surface area contributed by atoms with E-state index < -0.39 is 6.10 Å². The van der Waals surface area contributed by atoms with Gasteiger partial charge < -0.3 is 14.6 Å². The van der Waals surface area contributed by atoms with E-state index in [2.05, 4.69) is 46.3 Å². The van der Waals surface area contributed by atoms with Gasteiger partial charge in [0.15, 0.2) is 0 Å². The third kappa shape index (κ3) is 6.95. The Labute approximate surface area is 236 Å². The summed E-state index contributed by atoms with van der Waals surface area (Å²) in [4.78, 5) is 18.9. The van der Waals surface area contributed by atoms with Crippen molar-refractivity contribution in [3.05, 3.63) is 125 Å². The molecule has 4 aromatic rings. The molecule has 0 amide bonds. The van der Waals surface area contributed by atoms with Crippen molar-refractivity contribution in [2.75, 3.05) is 13.2 Å². The highest BCUT2D eigenvalue weighted by atomic mass is 16.5. The van der Waals surface area contributed by atoms with Crippen molar-refractivity contribution >= 4 is 5.97 Å². The Morgan fingerprint density at radius 2 is 1.82 bits per heavy atom. The van der Waals surface area contributed by atoms with Crippen LogP contribution in [0, 0.1) is 6.92 Å². The van der Waals surface area contributed by atoms with Crippen LogP contribution in [-0.4, -0.2) is 40.2 Å². The highest BCUT2D eigenvalue weighted by Gasteiger charge is 2.27. The SMILES string of the molecule is CCOC(=O)c1cccc(Oc2ccc3c(c2)C[C@@H](N(Cc2ccccc2)C[C@@H](O)c2ccc(C)nc2)CC3)c1. The van der Waals surface area contributed by atoms with Crippen molar-refractivity contribution in [1.29, 1.82) is 0 Å². The maximum absolute atomic E-state index is 12.1. The molecule has 3 aromatic carbocycles. The number of esters is 1. The van der Waals surface area contributed by atoms with Crippen molar-refractivity contribution in [2.45, 2.75) is 51.8 Å². The lowest BCUT2D eigenvalue weighted by Crippen LogP contribution is -2.41. The van der Waals surface area contributed by atoms with Crippen LogP contribution in [0.5, 0.6) is 11.5 Å². The number of carbonyl (C=O) groups excluding carboxylic acids is 1. The van der Waals surface area contributed by atoms with E-state index in [0.29, 0.717) is 24.5 Å². The number of aliphatic hydroxyl groups excluding tert-OH is 1. The molecule has 2 atom stereocenters. The fourth-order valence-corrected chi connectivity index (χ4v) is 5.29. The Balaban J connectivity index is 1.34. The number of pyridine rings is 1. The van der Waals surface area contributed by atoms with Gasteiger partial charge in [-0.3, -0.25) is 9.88 Å². The molecule has 0 unspecified atom stereocenters. The lowest BCUT2D eigenvalue weighted by molar-refractivity contribution is 0.0526. The molecule has 206 valence electrons. The number of hydrogen-bond acceptors (Lipinski definition) is 6. The van der Waals surface area contributed by atoms with Crippen molar-refractivity contribution < 1.29 is 19.4 Å². The summed E-state index contributed by atoms with van der Waals surface area (Å²) in [7, 11) is 0. The first-order valence-electron chi connectivity index (χ1n) is 13.9. The van der Waals surface area contributed by atoms with Crippen molar-refractivity contribution in [3.8, 4) is 11.5 Å². The molecule has 6 heteroatoms. The van der Waals surface area contributed by atoms with Crippen molar-refractivity contribution in [1.82, 2.24) is 9.88 Å². The lowest BCUT2D eigenvalue weighted by atomic mass is 9.87. The number of rotatable bonds is 10. The number of aliphatic hydroxyl groups is 1. The monoisotopic (exact) mass is 536 g/mol. The molecule has 0 saturated carbocycles. The van der Waals surface area contributed by atoms with Crippen LogP contribution in [0.2, 0.25) is 0 Å². The van der Waals surface area contributed by atoms with Crippen molar-refractivity contribution in [3.63, 3.8) is 0 Å². The predicted molar refractivity (Wildman–Crippen MR) is 156 cm³/mol. The van der Waals surface area contributed by atoms with Gasteiger partial charge in [0.25, 0.3) is 0 Å². The smallest absolute Gasteiger partial charge is 0.338 e. The first-order valence-corrected chi connectivity index (χ1v) is 13.9. The fraction of sp³-hybridized carbons (Fsp3) is 0.294. The summed E-state index contributed by atoms with van der Waals surface area (Å²) in [6.45, 7) is 5.35. The zero-order valence-electron chi connectivity index (χ0n) is 23.1. The van der Waals surface area contributed by atoms with Gasteiger partial charge in [0.1, 0.15) is 11.5 Å². The van der Waals surface area contributed by atoms with Crippen LogP contribution in [0.25, 0.3) is 0 Å². The molecule has 0 bridgehead atoms. The van der Waals surface area contributed by atoms with Gasteiger partial charge in [-0.25, -0.2) is 4.79 Å². The average Bonchev–Trinajstić information content (AvgIpc) is 2.97. The van der Waals surface area contributed by atoms with E-state index in [1.807, 2.05) is 37.3 Å². The second-order valence-corrected chi connectivity index (χ2v) is 10.3. The number of ether oxygens (including phenoxy) is 2. The minimum absolute atomic E-state index is 0.267. The summed E-state index contributed by atoms with van der Waals surface area (Å²) in [5.41, 5.74) is 6.04. The first kappa shape index (κ1) is 27.6. The molecule has 0 saturated heterocycles. The molecule has 40 heavy (non-hydrogen) atoms. The number of benzene rings is 3. The number of carbonyl (C=O) groups is 1. The molecular formula is C34H36N2O4. The first-order chi connectivity index (χ1) is 19.5. The van der Waals surface area contributed by atoms with Gasteiger partial charge in [0.05, 0.1) is 18.3 Å². The molecule has 0 fully saturated rings. The van der Waals surface area contributed by atoms with Gasteiger partial charge in [0, 0.05) is 36.6 Å². The number of aromatic nitrogens is 1. The maximum Gasteiger partial charge on any atom is 0.338 e. The molecule has 1 heterocycles. The topological polar surface area (TPSA) is 71.9 Å². The summed E-state index contributed by atoms with van der Waals surface area (Å²) >= 11 is 0. The second kappa shape index (κ2) is 12.9. The van der Waals surface area contributed by atoms with Crippen LogP contribution in [0.15, 0.2) is 91.1 Å². The zero-order valence-corrected chi connectivity index (χ0v) is 23.1. The van der Waals surface area contributed by atoms with Crippen LogP contribution in [-0.2, 0) is 24.1 Å². The molecular weight excluding hydrogens is 500 g/mol. The number of hydrogen-bond donors (Lipinski definition) is 1. The van der Waals surface area contributed by atoms with Crippen molar-refractivity contribution in [2.24, 2.45) is 0 Å². The van der Waals surface area contributed by atoms with Gasteiger partial charge in [-0.05, 0) is 86.2 Å². The molecule has 6 nitrogen and oxygen atoms in total. The highest BCUT2D eigenvalue weighted by Crippen LogP contribution is 2.32. The van der Waals surface area contributed by atoms with Crippen LogP contribution in [0.1, 0.15) is 57.8 Å². The van der Waals surface area contributed by atoms with Gasteiger partial charge in [-0.2, -0.15) is 0 Å². The third-order valence-corrected chi connectivity index (χ3v) is 7.43. The predicted octanol–water partition coefficient (Wildman–Crippen LogP) is 6.45. The molecule has 1 aliphatic carbocycles. The van der Waals surface area contributed by atoms with E-state index in [-0.39, 0.29) is 12.0 Å². The van der Waals surface area contributed by atoms with Crippen LogP contribution >= 0.6 is 0 Å². The maximum atomic E-state index is 12.1. The van der Waals surface area contributed by atoms with Crippen LogP contribution < -0.4 is 4.74 Å². The highest BCUT2D eigenvalue weighted by molar-refractivity contribution is 5.89. The minimum Gasteiger partial charge on any atom is -0.462 e. The molecule has 0 radical (unpaired) electrons. The van der Waals surface area contributed by atoms with E-state index in [1.54, 1.807) is 31.3 Å². The molecule has 1 aromatic heterocycles. The normalized spacial score (nSPS) is 15.3. The quantitative estimate of drug-likeness (QED) is 0.235. The summed E-state index contributed by atoms with van der Waals surface area (Å²) in [5.74, 6) is 0.975. The third-order valence-electron chi connectivity index (χ3n) is 7.43. The minimum atomic E-state index is -0.625.